The van der Waals surface area contributed by atoms with Crippen molar-refractivity contribution in [2.24, 2.45) is 16.6 Å². The number of nitrogens with zero attached hydrogens (tertiary/aromatic N) is 1. The van der Waals surface area contributed by atoms with Crippen molar-refractivity contribution in [3.63, 3.8) is 0 Å². The largest absolute Gasteiger partial charge is 0.477 e. The zero-order valence-electron chi connectivity index (χ0n) is 9.45. The van der Waals surface area contributed by atoms with Crippen molar-refractivity contribution in [2.45, 2.75) is 39.2 Å². The van der Waals surface area contributed by atoms with E-state index in [1.54, 1.807) is 0 Å². The van der Waals surface area contributed by atoms with Gasteiger partial charge in [-0.2, -0.15) is 0 Å². The van der Waals surface area contributed by atoms with Crippen LogP contribution >= 0.6 is 0 Å². The molecule has 0 amide bonds. The molecule has 0 unspecified atom stereocenters. The van der Waals surface area contributed by atoms with Crippen molar-refractivity contribution in [1.29, 1.82) is 0 Å². The summed E-state index contributed by atoms with van der Waals surface area (Å²) in [6, 6.07) is 0. The Hall–Kier alpha value is -1.32. The predicted octanol–water partition coefficient (Wildman–Crippen LogP) is 1.56. The highest BCUT2D eigenvalue weighted by Gasteiger charge is 2.28. The maximum atomic E-state index is 10.6. The summed E-state index contributed by atoms with van der Waals surface area (Å²) < 4.78 is 0. The van der Waals surface area contributed by atoms with E-state index in [0.29, 0.717) is 5.92 Å². The summed E-state index contributed by atoms with van der Waals surface area (Å²) in [5, 5.41) is 8.68. The van der Waals surface area contributed by atoms with E-state index in [4.69, 9.17) is 10.8 Å². The second-order valence-corrected chi connectivity index (χ2v) is 4.89. The summed E-state index contributed by atoms with van der Waals surface area (Å²) in [6.45, 7) is 5.96. The SMILES string of the molecule is CC(C)(C)N=C(C=C(N)C(=O)O)C1CC1. The van der Waals surface area contributed by atoms with Crippen LogP contribution in [0.1, 0.15) is 33.6 Å². The first-order chi connectivity index (χ1) is 6.79. The van der Waals surface area contributed by atoms with Crippen LogP contribution in [0.2, 0.25) is 0 Å². The van der Waals surface area contributed by atoms with Crippen LogP contribution in [-0.4, -0.2) is 22.3 Å². The van der Waals surface area contributed by atoms with E-state index in [9.17, 15) is 4.79 Å². The molecule has 0 spiro atoms. The average molecular weight is 210 g/mol. The number of carbonyl (C=O) groups is 1. The van der Waals surface area contributed by atoms with Crippen LogP contribution in [0.5, 0.6) is 0 Å². The van der Waals surface area contributed by atoms with Crippen LogP contribution in [0.25, 0.3) is 0 Å². The molecule has 84 valence electrons. The van der Waals surface area contributed by atoms with Crippen LogP contribution in [0, 0.1) is 5.92 Å². The van der Waals surface area contributed by atoms with Crippen LogP contribution in [0.4, 0.5) is 0 Å². The Labute approximate surface area is 89.9 Å². The van der Waals surface area contributed by atoms with Gasteiger partial charge in [-0.15, -0.1) is 0 Å². The van der Waals surface area contributed by atoms with Crippen molar-refractivity contribution in [1.82, 2.24) is 0 Å². The minimum atomic E-state index is -1.09. The van der Waals surface area contributed by atoms with E-state index >= 15 is 0 Å². The third-order valence-electron chi connectivity index (χ3n) is 2.01. The molecule has 0 aromatic rings. The van der Waals surface area contributed by atoms with Crippen molar-refractivity contribution in [3.05, 3.63) is 11.8 Å². The van der Waals surface area contributed by atoms with Gasteiger partial charge in [0, 0.05) is 11.6 Å². The maximum Gasteiger partial charge on any atom is 0.351 e. The molecule has 0 aromatic heterocycles. The topological polar surface area (TPSA) is 75.7 Å². The van der Waals surface area contributed by atoms with Crippen molar-refractivity contribution < 1.29 is 9.90 Å². The molecule has 0 bridgehead atoms. The number of aliphatic imine (C=N–C) groups is 1. The van der Waals surface area contributed by atoms with E-state index in [2.05, 4.69) is 4.99 Å². The van der Waals surface area contributed by atoms with Crippen LogP contribution < -0.4 is 5.73 Å². The predicted molar refractivity (Wildman–Crippen MR) is 59.8 cm³/mol. The van der Waals surface area contributed by atoms with Crippen LogP contribution in [0.3, 0.4) is 0 Å². The molecule has 1 fully saturated rings. The molecule has 1 aliphatic carbocycles. The number of rotatable bonds is 3. The first-order valence-corrected chi connectivity index (χ1v) is 5.10. The van der Waals surface area contributed by atoms with Gasteiger partial charge in [0.05, 0.1) is 5.54 Å². The van der Waals surface area contributed by atoms with E-state index in [0.717, 1.165) is 18.6 Å². The third kappa shape index (κ3) is 4.14. The molecule has 0 aromatic carbocycles. The monoisotopic (exact) mass is 210 g/mol. The van der Waals surface area contributed by atoms with Crippen LogP contribution in [-0.2, 0) is 4.79 Å². The average Bonchev–Trinajstić information content (AvgIpc) is 2.81. The van der Waals surface area contributed by atoms with E-state index < -0.39 is 5.97 Å². The Morgan fingerprint density at radius 2 is 2.00 bits per heavy atom. The number of hydrogen-bond donors (Lipinski definition) is 2. The smallest absolute Gasteiger partial charge is 0.351 e. The number of nitrogens with two attached hydrogens (primary N) is 1. The van der Waals surface area contributed by atoms with Crippen LogP contribution in [0.15, 0.2) is 16.8 Å². The van der Waals surface area contributed by atoms with E-state index in [-0.39, 0.29) is 11.2 Å². The van der Waals surface area contributed by atoms with Gasteiger partial charge in [-0.3, -0.25) is 4.99 Å². The molecule has 1 aliphatic rings. The third-order valence-corrected chi connectivity index (χ3v) is 2.01. The normalized spacial score (nSPS) is 19.1. The fourth-order valence-corrected chi connectivity index (χ4v) is 1.23. The summed E-state index contributed by atoms with van der Waals surface area (Å²) in [5.41, 5.74) is 5.88. The molecule has 0 saturated heterocycles. The van der Waals surface area contributed by atoms with Gasteiger partial charge in [-0.1, -0.05) is 0 Å². The molecule has 0 heterocycles. The number of hydrogen-bond acceptors (Lipinski definition) is 3. The first-order valence-electron chi connectivity index (χ1n) is 5.10. The number of aliphatic carboxylic acids is 1. The second kappa shape index (κ2) is 4.04. The molecule has 3 N–H and O–H groups in total. The number of carboxylic acid groups (broad SMARTS) is 1. The lowest BCUT2D eigenvalue weighted by atomic mass is 10.1. The van der Waals surface area contributed by atoms with Gasteiger partial charge in [-0.05, 0) is 39.7 Å². The number of carboxylic acids is 1. The molecule has 0 atom stereocenters. The van der Waals surface area contributed by atoms with Gasteiger partial charge < -0.3 is 10.8 Å². The second-order valence-electron chi connectivity index (χ2n) is 4.89. The molecule has 1 rings (SSSR count). The minimum absolute atomic E-state index is 0.134. The molecule has 15 heavy (non-hydrogen) atoms. The van der Waals surface area contributed by atoms with Crippen molar-refractivity contribution in [2.75, 3.05) is 0 Å². The Bertz CT molecular complexity index is 320. The van der Waals surface area contributed by atoms with Gasteiger partial charge in [0.25, 0.3) is 0 Å². The minimum Gasteiger partial charge on any atom is -0.477 e. The molecule has 4 nitrogen and oxygen atoms in total. The summed E-state index contributed by atoms with van der Waals surface area (Å²) in [7, 11) is 0. The lowest BCUT2D eigenvalue weighted by Gasteiger charge is -2.14. The zero-order chi connectivity index (χ0) is 11.6. The summed E-state index contributed by atoms with van der Waals surface area (Å²) >= 11 is 0. The maximum absolute atomic E-state index is 10.6. The molecule has 4 heteroatoms. The Morgan fingerprint density at radius 1 is 1.47 bits per heavy atom. The quantitative estimate of drug-likeness (QED) is 0.548. The van der Waals surface area contributed by atoms with Crippen molar-refractivity contribution in [3.8, 4) is 0 Å². The Balaban J connectivity index is 2.89. The molecular weight excluding hydrogens is 192 g/mol. The summed E-state index contributed by atoms with van der Waals surface area (Å²) in [5.74, 6) is -0.681. The van der Waals surface area contributed by atoms with Gasteiger partial charge in [0.2, 0.25) is 0 Å². The van der Waals surface area contributed by atoms with Gasteiger partial charge in [-0.25, -0.2) is 4.79 Å². The summed E-state index contributed by atoms with van der Waals surface area (Å²) in [4.78, 5) is 15.1. The zero-order valence-corrected chi connectivity index (χ0v) is 9.45. The van der Waals surface area contributed by atoms with E-state index in [1.807, 2.05) is 20.8 Å². The lowest BCUT2D eigenvalue weighted by Crippen LogP contribution is -2.17. The highest BCUT2D eigenvalue weighted by atomic mass is 16.4. The van der Waals surface area contributed by atoms with Gasteiger partial charge >= 0.3 is 5.97 Å². The van der Waals surface area contributed by atoms with Gasteiger partial charge in [0.15, 0.2) is 0 Å². The standard InChI is InChI=1S/C11H18N2O2/c1-11(2,3)13-9(7-4-5-7)6-8(12)10(14)15/h6-7H,4-5,12H2,1-3H3,(H,14,15). The molecule has 0 radical (unpaired) electrons. The van der Waals surface area contributed by atoms with Gasteiger partial charge in [0.1, 0.15) is 5.70 Å². The number of allylic oxidation sites excluding steroid dienone is 1. The fourth-order valence-electron chi connectivity index (χ4n) is 1.23. The summed E-state index contributed by atoms with van der Waals surface area (Å²) in [6.07, 6.45) is 3.65. The van der Waals surface area contributed by atoms with E-state index in [1.165, 1.54) is 6.08 Å². The highest BCUT2D eigenvalue weighted by Crippen LogP contribution is 2.32. The Morgan fingerprint density at radius 3 is 2.33 bits per heavy atom. The highest BCUT2D eigenvalue weighted by molar-refractivity contribution is 6.03. The molecular formula is C11H18N2O2. The molecule has 0 aliphatic heterocycles. The fraction of sp³-hybridized carbons (Fsp3) is 0.636. The first kappa shape index (κ1) is 11.8. The molecule has 1 saturated carbocycles. The van der Waals surface area contributed by atoms with Crippen molar-refractivity contribution >= 4 is 11.7 Å². The Kier molecular flexibility index (Phi) is 3.17. The lowest BCUT2D eigenvalue weighted by molar-refractivity contribution is -0.132.